The molecule has 6 heteroatoms. The van der Waals surface area contributed by atoms with Gasteiger partial charge in [-0.3, -0.25) is 0 Å². The Labute approximate surface area is 113 Å². The highest BCUT2D eigenvalue weighted by Gasteiger charge is 2.27. The third-order valence-electron chi connectivity index (χ3n) is 2.60. The second-order valence-electron chi connectivity index (χ2n) is 4.10. The molecule has 18 heavy (non-hydrogen) atoms. The molecule has 0 saturated heterocycles. The van der Waals surface area contributed by atoms with Gasteiger partial charge < -0.3 is 10.6 Å². The molecule has 0 aliphatic carbocycles. The lowest BCUT2D eigenvalue weighted by Crippen LogP contribution is -2.25. The van der Waals surface area contributed by atoms with E-state index in [0.717, 1.165) is 15.7 Å². The fourth-order valence-corrected chi connectivity index (χ4v) is 2.11. The molecule has 0 bridgehead atoms. The molecule has 1 aromatic carbocycles. The molecule has 2 N–H and O–H groups in total. The van der Waals surface area contributed by atoms with E-state index in [9.17, 15) is 13.2 Å². The molecule has 1 aromatic rings. The third kappa shape index (κ3) is 4.86. The normalized spacial score (nSPS) is 11.7. The van der Waals surface area contributed by atoms with Crippen LogP contribution in [-0.4, -0.2) is 26.3 Å². The smallest absolute Gasteiger partial charge is 0.374 e. The van der Waals surface area contributed by atoms with Gasteiger partial charge in [-0.1, -0.05) is 15.9 Å². The molecule has 0 atom stereocenters. The Morgan fingerprint density at radius 3 is 2.56 bits per heavy atom. The Balaban J connectivity index is 2.80. The van der Waals surface area contributed by atoms with Crippen LogP contribution in [0.4, 0.5) is 18.9 Å². The molecule has 0 fully saturated rings. The monoisotopic (exact) mass is 324 g/mol. The summed E-state index contributed by atoms with van der Waals surface area (Å²) < 4.78 is 37.5. The molecule has 0 amide bonds. The summed E-state index contributed by atoms with van der Waals surface area (Å²) in [7, 11) is 1.66. The molecule has 0 aliphatic rings. The van der Waals surface area contributed by atoms with Gasteiger partial charge >= 0.3 is 6.18 Å². The number of halogens is 4. The van der Waals surface area contributed by atoms with E-state index in [2.05, 4.69) is 15.9 Å². The standard InChI is InChI=1S/C12H16BrF3N2/c1-18(7-5-12(14,15)16)11-3-2-10(13)8-9(11)4-6-17/h2-3,8H,4-7,17H2,1H3. The van der Waals surface area contributed by atoms with Crippen molar-refractivity contribution in [1.82, 2.24) is 0 Å². The summed E-state index contributed by atoms with van der Waals surface area (Å²) >= 11 is 3.35. The van der Waals surface area contributed by atoms with Crippen molar-refractivity contribution in [2.24, 2.45) is 5.73 Å². The molecule has 2 nitrogen and oxygen atoms in total. The number of alkyl halides is 3. The van der Waals surface area contributed by atoms with Crippen LogP contribution in [0.2, 0.25) is 0 Å². The highest BCUT2D eigenvalue weighted by Crippen LogP contribution is 2.26. The second-order valence-corrected chi connectivity index (χ2v) is 5.01. The van der Waals surface area contributed by atoms with Gasteiger partial charge in [-0.05, 0) is 36.7 Å². The minimum absolute atomic E-state index is 0.0529. The third-order valence-corrected chi connectivity index (χ3v) is 3.09. The number of hydrogen-bond acceptors (Lipinski definition) is 2. The van der Waals surface area contributed by atoms with Crippen molar-refractivity contribution in [3.8, 4) is 0 Å². The Bertz CT molecular complexity index is 393. The molecule has 0 aliphatic heterocycles. The molecule has 0 heterocycles. The van der Waals surface area contributed by atoms with E-state index in [1.165, 1.54) is 0 Å². The fraction of sp³-hybridized carbons (Fsp3) is 0.500. The highest BCUT2D eigenvalue weighted by atomic mass is 79.9. The summed E-state index contributed by atoms with van der Waals surface area (Å²) in [5, 5.41) is 0. The highest BCUT2D eigenvalue weighted by molar-refractivity contribution is 9.10. The number of nitrogens with zero attached hydrogens (tertiary/aromatic N) is 1. The van der Waals surface area contributed by atoms with Crippen molar-refractivity contribution in [2.45, 2.75) is 19.0 Å². The number of anilines is 1. The maximum absolute atomic E-state index is 12.2. The van der Waals surface area contributed by atoms with Crippen molar-refractivity contribution >= 4 is 21.6 Å². The number of hydrogen-bond donors (Lipinski definition) is 1. The van der Waals surface area contributed by atoms with E-state index in [0.29, 0.717) is 13.0 Å². The SMILES string of the molecule is CN(CCC(F)(F)F)c1ccc(Br)cc1CCN. The van der Waals surface area contributed by atoms with E-state index < -0.39 is 12.6 Å². The first-order valence-electron chi connectivity index (χ1n) is 5.60. The van der Waals surface area contributed by atoms with Crippen LogP contribution < -0.4 is 10.6 Å². The summed E-state index contributed by atoms with van der Waals surface area (Å²) in [4.78, 5) is 1.62. The summed E-state index contributed by atoms with van der Waals surface area (Å²) in [5.41, 5.74) is 7.26. The van der Waals surface area contributed by atoms with Crippen molar-refractivity contribution in [3.05, 3.63) is 28.2 Å². The zero-order valence-corrected chi connectivity index (χ0v) is 11.7. The van der Waals surface area contributed by atoms with Crippen LogP contribution in [0.15, 0.2) is 22.7 Å². The van der Waals surface area contributed by atoms with Crippen molar-refractivity contribution in [3.63, 3.8) is 0 Å². The lowest BCUT2D eigenvalue weighted by atomic mass is 10.1. The summed E-state index contributed by atoms with van der Waals surface area (Å²) in [5.74, 6) is 0. The van der Waals surface area contributed by atoms with Crippen LogP contribution >= 0.6 is 15.9 Å². The number of nitrogens with two attached hydrogens (primary N) is 1. The fourth-order valence-electron chi connectivity index (χ4n) is 1.70. The van der Waals surface area contributed by atoms with Crippen LogP contribution in [0.25, 0.3) is 0 Å². The molecule has 0 spiro atoms. The molecule has 0 saturated carbocycles. The predicted molar refractivity (Wildman–Crippen MR) is 70.8 cm³/mol. The Hall–Kier alpha value is -0.750. The van der Waals surface area contributed by atoms with Gasteiger partial charge in [0.15, 0.2) is 0 Å². The van der Waals surface area contributed by atoms with Crippen molar-refractivity contribution in [2.75, 3.05) is 25.0 Å². The van der Waals surface area contributed by atoms with Crippen LogP contribution in [-0.2, 0) is 6.42 Å². The summed E-state index contributed by atoms with van der Waals surface area (Å²) in [6.45, 7) is 0.416. The minimum atomic E-state index is -4.13. The number of rotatable bonds is 5. The number of benzene rings is 1. The topological polar surface area (TPSA) is 29.3 Å². The van der Waals surface area contributed by atoms with Gasteiger partial charge in [0, 0.05) is 23.8 Å². The van der Waals surface area contributed by atoms with Crippen LogP contribution in [0, 0.1) is 0 Å². The van der Waals surface area contributed by atoms with Gasteiger partial charge in [0.25, 0.3) is 0 Å². The Kier molecular flexibility index (Phi) is 5.47. The van der Waals surface area contributed by atoms with Crippen LogP contribution in [0.3, 0.4) is 0 Å². The van der Waals surface area contributed by atoms with Crippen molar-refractivity contribution < 1.29 is 13.2 Å². The predicted octanol–water partition coefficient (Wildman–Crippen LogP) is 3.34. The quantitative estimate of drug-likeness (QED) is 0.900. The van der Waals surface area contributed by atoms with Gasteiger partial charge in [-0.15, -0.1) is 0 Å². The Morgan fingerprint density at radius 2 is 2.00 bits per heavy atom. The molecule has 0 aromatic heterocycles. The maximum Gasteiger partial charge on any atom is 0.390 e. The molecular formula is C12H16BrF3N2. The van der Waals surface area contributed by atoms with Gasteiger partial charge in [0.2, 0.25) is 0 Å². The lowest BCUT2D eigenvalue weighted by Gasteiger charge is -2.23. The van der Waals surface area contributed by atoms with Gasteiger partial charge in [-0.2, -0.15) is 13.2 Å². The minimum Gasteiger partial charge on any atom is -0.374 e. The molecular weight excluding hydrogens is 309 g/mol. The first-order chi connectivity index (χ1) is 8.33. The summed E-state index contributed by atoms with van der Waals surface area (Å²) in [6, 6.07) is 5.52. The molecule has 0 unspecified atom stereocenters. The van der Waals surface area contributed by atoms with E-state index in [1.807, 2.05) is 18.2 Å². The first-order valence-corrected chi connectivity index (χ1v) is 6.39. The van der Waals surface area contributed by atoms with Gasteiger partial charge in [0.1, 0.15) is 0 Å². The second kappa shape index (κ2) is 6.43. The largest absolute Gasteiger partial charge is 0.390 e. The zero-order chi connectivity index (χ0) is 13.8. The van der Waals surface area contributed by atoms with E-state index in [1.54, 1.807) is 11.9 Å². The molecule has 102 valence electrons. The maximum atomic E-state index is 12.2. The van der Waals surface area contributed by atoms with E-state index >= 15 is 0 Å². The van der Waals surface area contributed by atoms with E-state index in [4.69, 9.17) is 5.73 Å². The lowest BCUT2D eigenvalue weighted by molar-refractivity contribution is -0.132. The average molecular weight is 325 g/mol. The summed E-state index contributed by atoms with van der Waals surface area (Å²) in [6.07, 6.45) is -4.30. The van der Waals surface area contributed by atoms with Crippen LogP contribution in [0.5, 0.6) is 0 Å². The van der Waals surface area contributed by atoms with Gasteiger partial charge in [-0.25, -0.2) is 0 Å². The first kappa shape index (κ1) is 15.3. The van der Waals surface area contributed by atoms with Crippen LogP contribution in [0.1, 0.15) is 12.0 Å². The average Bonchev–Trinajstić information content (AvgIpc) is 2.25. The molecule has 1 rings (SSSR count). The van der Waals surface area contributed by atoms with Crippen molar-refractivity contribution in [1.29, 1.82) is 0 Å². The molecule has 0 radical (unpaired) electrons. The Morgan fingerprint density at radius 1 is 1.33 bits per heavy atom. The van der Waals surface area contributed by atoms with E-state index in [-0.39, 0.29) is 6.54 Å². The zero-order valence-electron chi connectivity index (χ0n) is 10.1. The van der Waals surface area contributed by atoms with Gasteiger partial charge in [0.05, 0.1) is 6.42 Å².